The average Bonchev–Trinajstić information content (AvgIpc) is 3.06. The Balaban J connectivity index is 1.83. The maximum atomic E-state index is 13.6. The third-order valence-electron chi connectivity index (χ3n) is 4.82. The summed E-state index contributed by atoms with van der Waals surface area (Å²) in [5.41, 5.74) is 3.27. The van der Waals surface area contributed by atoms with Crippen LogP contribution in [0.2, 0.25) is 5.02 Å². The molecule has 2 aromatic heterocycles. The molecule has 0 atom stereocenters. The van der Waals surface area contributed by atoms with Gasteiger partial charge in [-0.15, -0.1) is 0 Å². The number of halogens is 2. The lowest BCUT2D eigenvalue weighted by Crippen LogP contribution is -2.25. The van der Waals surface area contributed by atoms with Gasteiger partial charge in [0.15, 0.2) is 10.7 Å². The SMILES string of the molecule is CCn1nc(C)c2nc(SCc3cccc(F)c3)n(Cc3ccccc3Cl)c(=O)c21. The summed E-state index contributed by atoms with van der Waals surface area (Å²) in [6.07, 6.45) is 0. The van der Waals surface area contributed by atoms with Crippen LogP contribution in [0.5, 0.6) is 0 Å². The van der Waals surface area contributed by atoms with Crippen LogP contribution in [0.3, 0.4) is 0 Å². The number of aromatic nitrogens is 4. The zero-order chi connectivity index (χ0) is 21.3. The Morgan fingerprint density at radius 2 is 1.97 bits per heavy atom. The van der Waals surface area contributed by atoms with Crippen molar-refractivity contribution in [2.24, 2.45) is 0 Å². The lowest BCUT2D eigenvalue weighted by Gasteiger charge is -2.13. The van der Waals surface area contributed by atoms with E-state index in [1.165, 1.54) is 23.9 Å². The summed E-state index contributed by atoms with van der Waals surface area (Å²) in [5.74, 6) is 0.198. The molecular formula is C22H20ClFN4OS. The summed E-state index contributed by atoms with van der Waals surface area (Å²) in [6, 6.07) is 13.9. The van der Waals surface area contributed by atoms with Gasteiger partial charge in [-0.25, -0.2) is 9.37 Å². The summed E-state index contributed by atoms with van der Waals surface area (Å²) in [4.78, 5) is 18.2. The molecule has 5 nitrogen and oxygen atoms in total. The molecule has 0 aliphatic rings. The monoisotopic (exact) mass is 442 g/mol. The Hall–Kier alpha value is -2.64. The van der Waals surface area contributed by atoms with E-state index < -0.39 is 0 Å². The van der Waals surface area contributed by atoms with Crippen molar-refractivity contribution in [3.63, 3.8) is 0 Å². The van der Waals surface area contributed by atoms with Gasteiger partial charge in [0.25, 0.3) is 5.56 Å². The smallest absolute Gasteiger partial charge is 0.280 e. The fourth-order valence-corrected chi connectivity index (χ4v) is 4.47. The van der Waals surface area contributed by atoms with Crippen molar-refractivity contribution in [2.75, 3.05) is 0 Å². The van der Waals surface area contributed by atoms with Crippen LogP contribution >= 0.6 is 23.4 Å². The number of rotatable bonds is 6. The van der Waals surface area contributed by atoms with Gasteiger partial charge in [0, 0.05) is 17.3 Å². The summed E-state index contributed by atoms with van der Waals surface area (Å²) >= 11 is 7.74. The predicted molar refractivity (Wildman–Crippen MR) is 119 cm³/mol. The van der Waals surface area contributed by atoms with Gasteiger partial charge in [0.1, 0.15) is 11.3 Å². The van der Waals surface area contributed by atoms with Crippen LogP contribution in [0.15, 0.2) is 58.5 Å². The summed E-state index contributed by atoms with van der Waals surface area (Å²) < 4.78 is 16.9. The van der Waals surface area contributed by atoms with E-state index in [4.69, 9.17) is 16.6 Å². The molecule has 0 unspecified atom stereocenters. The number of aryl methyl sites for hydroxylation is 2. The van der Waals surface area contributed by atoms with Crippen molar-refractivity contribution in [1.29, 1.82) is 0 Å². The van der Waals surface area contributed by atoms with Gasteiger partial charge in [0.2, 0.25) is 0 Å². The second-order valence-corrected chi connectivity index (χ2v) is 8.24. The minimum atomic E-state index is -0.287. The third-order valence-corrected chi connectivity index (χ3v) is 6.24. The Labute approximate surface area is 182 Å². The fraction of sp³-hybridized carbons (Fsp3) is 0.227. The Morgan fingerprint density at radius 1 is 1.17 bits per heavy atom. The van der Waals surface area contributed by atoms with Gasteiger partial charge in [-0.2, -0.15) is 5.10 Å². The maximum Gasteiger partial charge on any atom is 0.280 e. The van der Waals surface area contributed by atoms with Crippen molar-refractivity contribution in [2.45, 2.75) is 37.8 Å². The first kappa shape index (κ1) is 20.6. The average molecular weight is 443 g/mol. The highest BCUT2D eigenvalue weighted by Gasteiger charge is 2.19. The molecule has 0 amide bonds. The van der Waals surface area contributed by atoms with E-state index in [2.05, 4.69) is 5.10 Å². The Morgan fingerprint density at radius 3 is 2.70 bits per heavy atom. The number of hydrogen-bond acceptors (Lipinski definition) is 4. The molecule has 0 spiro atoms. The zero-order valence-corrected chi connectivity index (χ0v) is 18.2. The molecule has 2 aromatic carbocycles. The topological polar surface area (TPSA) is 52.7 Å². The molecule has 0 bridgehead atoms. The van der Waals surface area contributed by atoms with Crippen molar-refractivity contribution in [3.05, 3.63) is 86.5 Å². The van der Waals surface area contributed by atoms with E-state index in [1.54, 1.807) is 21.4 Å². The Bertz CT molecular complexity index is 1280. The molecule has 154 valence electrons. The minimum Gasteiger partial charge on any atom is -0.281 e. The molecule has 0 fully saturated rings. The molecule has 0 aliphatic heterocycles. The minimum absolute atomic E-state index is 0.163. The van der Waals surface area contributed by atoms with Gasteiger partial charge in [-0.05, 0) is 43.2 Å². The molecule has 0 radical (unpaired) electrons. The van der Waals surface area contributed by atoms with Crippen LogP contribution in [0.1, 0.15) is 23.7 Å². The quantitative estimate of drug-likeness (QED) is 0.309. The number of hydrogen-bond donors (Lipinski definition) is 0. The van der Waals surface area contributed by atoms with Gasteiger partial charge in [-0.1, -0.05) is 53.7 Å². The molecule has 2 heterocycles. The van der Waals surface area contributed by atoms with Crippen molar-refractivity contribution >= 4 is 34.4 Å². The summed E-state index contributed by atoms with van der Waals surface area (Å²) in [6.45, 7) is 4.65. The van der Waals surface area contributed by atoms with E-state index in [0.717, 1.165) is 11.1 Å². The highest BCUT2D eigenvalue weighted by molar-refractivity contribution is 7.98. The molecule has 30 heavy (non-hydrogen) atoms. The number of benzene rings is 2. The summed E-state index contributed by atoms with van der Waals surface area (Å²) in [5, 5.41) is 5.60. The molecule has 0 saturated heterocycles. The Kier molecular flexibility index (Phi) is 5.92. The third kappa shape index (κ3) is 4.00. The number of thioether (sulfide) groups is 1. The lowest BCUT2D eigenvalue weighted by atomic mass is 10.2. The molecule has 4 aromatic rings. The van der Waals surface area contributed by atoms with Gasteiger partial charge < -0.3 is 0 Å². The zero-order valence-electron chi connectivity index (χ0n) is 16.6. The van der Waals surface area contributed by atoms with E-state index >= 15 is 0 Å². The largest absolute Gasteiger partial charge is 0.281 e. The fourth-order valence-electron chi connectivity index (χ4n) is 3.34. The molecule has 0 saturated carbocycles. The lowest BCUT2D eigenvalue weighted by molar-refractivity contribution is 0.626. The molecule has 4 rings (SSSR count). The predicted octanol–water partition coefficient (Wildman–Crippen LogP) is 5.05. The molecule has 8 heteroatoms. The second-order valence-electron chi connectivity index (χ2n) is 6.89. The van der Waals surface area contributed by atoms with E-state index in [-0.39, 0.29) is 11.4 Å². The van der Waals surface area contributed by atoms with Gasteiger partial charge in [-0.3, -0.25) is 14.0 Å². The van der Waals surface area contributed by atoms with Crippen LogP contribution in [0, 0.1) is 12.7 Å². The highest BCUT2D eigenvalue weighted by atomic mass is 35.5. The second kappa shape index (κ2) is 8.62. The number of fused-ring (bicyclic) bond motifs is 1. The molecule has 0 N–H and O–H groups in total. The first-order valence-electron chi connectivity index (χ1n) is 9.56. The molecule has 0 aliphatic carbocycles. The van der Waals surface area contributed by atoms with Crippen LogP contribution in [-0.4, -0.2) is 19.3 Å². The van der Waals surface area contributed by atoms with Gasteiger partial charge in [0.05, 0.1) is 12.2 Å². The van der Waals surface area contributed by atoms with Crippen LogP contribution in [-0.2, 0) is 18.8 Å². The standard InChI is InChI=1S/C22H20ClFN4OS/c1-3-28-20-19(14(2)26-28)25-22(30-13-15-7-6-9-17(24)11-15)27(21(20)29)12-16-8-4-5-10-18(16)23/h4-11H,3,12-13H2,1-2H3. The number of nitrogens with zero attached hydrogens (tertiary/aromatic N) is 4. The maximum absolute atomic E-state index is 13.6. The van der Waals surface area contributed by atoms with Gasteiger partial charge >= 0.3 is 0 Å². The summed E-state index contributed by atoms with van der Waals surface area (Å²) in [7, 11) is 0. The van der Waals surface area contributed by atoms with E-state index in [9.17, 15) is 9.18 Å². The normalized spacial score (nSPS) is 11.3. The first-order valence-corrected chi connectivity index (χ1v) is 10.9. The van der Waals surface area contributed by atoms with E-state index in [0.29, 0.717) is 45.7 Å². The van der Waals surface area contributed by atoms with Crippen molar-refractivity contribution in [1.82, 2.24) is 19.3 Å². The van der Waals surface area contributed by atoms with Crippen molar-refractivity contribution in [3.8, 4) is 0 Å². The van der Waals surface area contributed by atoms with Crippen LogP contribution in [0.25, 0.3) is 11.0 Å². The van der Waals surface area contributed by atoms with Crippen LogP contribution in [0.4, 0.5) is 4.39 Å². The van der Waals surface area contributed by atoms with Crippen molar-refractivity contribution < 1.29 is 4.39 Å². The first-order chi connectivity index (χ1) is 14.5. The molecular weight excluding hydrogens is 423 g/mol. The van der Waals surface area contributed by atoms with Crippen LogP contribution < -0.4 is 5.56 Å². The highest BCUT2D eigenvalue weighted by Crippen LogP contribution is 2.25. The van der Waals surface area contributed by atoms with E-state index in [1.807, 2.05) is 38.1 Å².